The van der Waals surface area contributed by atoms with Crippen LogP contribution in [0.5, 0.6) is 0 Å². The molecule has 1 aliphatic rings. The molecule has 440 valence electrons. The molecule has 74 heavy (non-hydrogen) atoms. The van der Waals surface area contributed by atoms with Crippen molar-refractivity contribution >= 4 is 26.5 Å². The molecule has 0 radical (unpaired) electrons. The fraction of sp³-hybridized carbons (Fsp3) is 0.970. The van der Waals surface area contributed by atoms with Crippen LogP contribution in [0.1, 0.15) is 336 Å². The zero-order valence-electron chi connectivity index (χ0n) is 51.5. The normalized spacial score (nSPS) is 13.2. The van der Waals surface area contributed by atoms with Crippen LogP contribution in [0.3, 0.4) is 0 Å². The van der Waals surface area contributed by atoms with Gasteiger partial charge in [0.05, 0.1) is 0 Å². The first-order valence-corrected chi connectivity index (χ1v) is 38.2. The van der Waals surface area contributed by atoms with Gasteiger partial charge in [-0.05, 0) is 25.9 Å². The van der Waals surface area contributed by atoms with E-state index in [1.165, 1.54) is 317 Å². The average Bonchev–Trinajstić information content (AvgIpc) is 3.41. The van der Waals surface area contributed by atoms with Crippen LogP contribution in [0.2, 0.25) is 15.6 Å². The number of hydrogen-bond acceptors (Lipinski definition) is 4. The second-order valence-electron chi connectivity index (χ2n) is 24.0. The van der Waals surface area contributed by atoms with Crippen molar-refractivity contribution in [2.45, 2.75) is 352 Å². The van der Waals surface area contributed by atoms with Gasteiger partial charge >= 0.3 is 318 Å². The van der Waals surface area contributed by atoms with Crippen molar-refractivity contribution in [1.82, 2.24) is 19.6 Å². The molecule has 0 unspecified atom stereocenters. The molecule has 0 aromatic heterocycles. The van der Waals surface area contributed by atoms with Crippen LogP contribution in [0.4, 0.5) is 0 Å². The number of nitrogens with zero attached hydrogens (tertiary/aromatic N) is 4. The standard InChI is InChI=1S/C67H135AsN4O2/c1-6-11-16-21-26-30-34-38-43-48-53-68(54-49-44-39-35-31-27-22-17-12-7-2)55-59-70(58-52-45-40-25-20-15-10-5)65-67(74)72-62-60-71(61-63-72)66(73)64-69(56-50-46-41-36-32-28-23-18-13-8-3)57-51-47-42-37-33-29-24-19-14-9-4/h6-65H2,1-5H3. The molecule has 0 atom stereocenters. The maximum atomic E-state index is 14.2. The minimum atomic E-state index is -0.955. The Labute approximate surface area is 470 Å². The quantitative estimate of drug-likeness (QED) is 0.0450. The monoisotopic (exact) mass is 1100 g/mol. The summed E-state index contributed by atoms with van der Waals surface area (Å²) in [6.07, 6.45) is 64.8. The van der Waals surface area contributed by atoms with E-state index in [1.54, 1.807) is 0 Å². The molecular weight excluding hydrogens is 968 g/mol. The zero-order chi connectivity index (χ0) is 53.5. The molecule has 0 spiro atoms. The topological polar surface area (TPSA) is 47.1 Å². The molecule has 2 amide bonds. The van der Waals surface area contributed by atoms with Crippen molar-refractivity contribution < 1.29 is 9.59 Å². The molecule has 0 aromatic carbocycles. The number of unbranched alkanes of at least 4 members (excludes halogenated alkanes) is 42. The summed E-state index contributed by atoms with van der Waals surface area (Å²) >= 11 is -0.955. The van der Waals surface area contributed by atoms with Crippen molar-refractivity contribution in [2.24, 2.45) is 0 Å². The van der Waals surface area contributed by atoms with Crippen molar-refractivity contribution in [1.29, 1.82) is 0 Å². The van der Waals surface area contributed by atoms with E-state index in [2.05, 4.69) is 54.2 Å². The SMILES string of the molecule is CCCCCCCCCCCCN(CCCCCCCCCCCC)CC(=O)N1CCN(C(=O)CN(CCCCCCCCC)CC[As](CCCCCCCCCCCC)CCCCCCCCCCCC)CC1. The number of amides is 2. The molecule has 1 fully saturated rings. The number of carbonyl (C=O) groups excluding carboxylic acids is 2. The van der Waals surface area contributed by atoms with Gasteiger partial charge < -0.3 is 0 Å². The van der Waals surface area contributed by atoms with E-state index in [0.29, 0.717) is 45.2 Å². The van der Waals surface area contributed by atoms with Crippen LogP contribution in [0.15, 0.2) is 0 Å². The molecule has 1 saturated heterocycles. The molecule has 0 aromatic rings. The summed E-state index contributed by atoms with van der Waals surface area (Å²) in [5.41, 5.74) is 0. The van der Waals surface area contributed by atoms with Crippen molar-refractivity contribution in [2.75, 3.05) is 65.4 Å². The van der Waals surface area contributed by atoms with Crippen LogP contribution < -0.4 is 0 Å². The molecular formula is C67H135AsN4O2. The van der Waals surface area contributed by atoms with Crippen LogP contribution >= 0.6 is 0 Å². The zero-order valence-corrected chi connectivity index (χ0v) is 53.4. The summed E-state index contributed by atoms with van der Waals surface area (Å²) in [5, 5.41) is 4.43. The van der Waals surface area contributed by atoms with E-state index in [0.717, 1.165) is 26.2 Å². The summed E-state index contributed by atoms with van der Waals surface area (Å²) in [5.74, 6) is 0.602. The molecule has 1 aliphatic heterocycles. The summed E-state index contributed by atoms with van der Waals surface area (Å²) in [7, 11) is 0. The Balaban J connectivity index is 2.80. The fourth-order valence-electron chi connectivity index (χ4n) is 11.5. The fourth-order valence-corrected chi connectivity index (χ4v) is 16.9. The molecule has 0 bridgehead atoms. The minimum absolute atomic E-state index is 0.290. The van der Waals surface area contributed by atoms with Gasteiger partial charge in [-0.2, -0.15) is 0 Å². The molecule has 1 rings (SSSR count). The van der Waals surface area contributed by atoms with Crippen LogP contribution in [-0.4, -0.2) is 112 Å². The van der Waals surface area contributed by atoms with Crippen molar-refractivity contribution in [3.63, 3.8) is 0 Å². The number of carbonyl (C=O) groups is 2. The molecule has 0 aliphatic carbocycles. The maximum absolute atomic E-state index is 14.2. The molecule has 0 N–H and O–H groups in total. The first-order valence-electron chi connectivity index (χ1n) is 34.2. The van der Waals surface area contributed by atoms with Gasteiger partial charge in [0.2, 0.25) is 0 Å². The van der Waals surface area contributed by atoms with Crippen LogP contribution in [0.25, 0.3) is 0 Å². The third-order valence-corrected chi connectivity index (χ3v) is 22.6. The Morgan fingerprint density at radius 3 is 0.716 bits per heavy atom. The van der Waals surface area contributed by atoms with E-state index in [9.17, 15) is 9.59 Å². The Bertz CT molecular complexity index is 1100. The first-order chi connectivity index (χ1) is 36.5. The Kier molecular flexibility index (Phi) is 55.1. The second kappa shape index (κ2) is 57.1. The van der Waals surface area contributed by atoms with E-state index in [1.807, 2.05) is 0 Å². The Morgan fingerprint density at radius 2 is 0.473 bits per heavy atom. The van der Waals surface area contributed by atoms with Gasteiger partial charge in [-0.3, -0.25) is 0 Å². The van der Waals surface area contributed by atoms with Gasteiger partial charge in [0.25, 0.3) is 0 Å². The van der Waals surface area contributed by atoms with E-state index in [4.69, 9.17) is 0 Å². The van der Waals surface area contributed by atoms with Gasteiger partial charge in [0, 0.05) is 0 Å². The van der Waals surface area contributed by atoms with Gasteiger partial charge in [0.15, 0.2) is 0 Å². The number of rotatable bonds is 59. The van der Waals surface area contributed by atoms with E-state index in [-0.39, 0.29) is 5.91 Å². The third kappa shape index (κ3) is 46.3. The summed E-state index contributed by atoms with van der Waals surface area (Å²) < 4.78 is 0. The van der Waals surface area contributed by atoms with Gasteiger partial charge in [-0.15, -0.1) is 0 Å². The molecule has 7 heteroatoms. The van der Waals surface area contributed by atoms with Crippen LogP contribution in [-0.2, 0) is 9.59 Å². The van der Waals surface area contributed by atoms with E-state index >= 15 is 0 Å². The van der Waals surface area contributed by atoms with Crippen molar-refractivity contribution in [3.8, 4) is 0 Å². The third-order valence-electron chi connectivity index (χ3n) is 16.8. The molecule has 0 saturated carbocycles. The first kappa shape index (κ1) is 71.4. The summed E-state index contributed by atoms with van der Waals surface area (Å²) in [6.45, 7) is 19.8. The van der Waals surface area contributed by atoms with Crippen LogP contribution in [0, 0.1) is 0 Å². The van der Waals surface area contributed by atoms with E-state index < -0.39 is 14.7 Å². The van der Waals surface area contributed by atoms with Gasteiger partial charge in [-0.1, -0.05) is 129 Å². The summed E-state index contributed by atoms with van der Waals surface area (Å²) in [6, 6.07) is 0. The molecule has 6 nitrogen and oxygen atoms in total. The average molecular weight is 1100 g/mol. The predicted molar refractivity (Wildman–Crippen MR) is 332 cm³/mol. The van der Waals surface area contributed by atoms with Gasteiger partial charge in [-0.25, -0.2) is 0 Å². The van der Waals surface area contributed by atoms with Crippen molar-refractivity contribution in [3.05, 3.63) is 0 Å². The Morgan fingerprint density at radius 1 is 0.270 bits per heavy atom. The number of piperazine rings is 1. The second-order valence-corrected chi connectivity index (χ2v) is 29.6. The molecule has 1 heterocycles. The predicted octanol–water partition coefficient (Wildman–Crippen LogP) is 20.2. The Hall–Kier alpha value is -0.582. The van der Waals surface area contributed by atoms with Gasteiger partial charge in [0.1, 0.15) is 0 Å². The summed E-state index contributed by atoms with van der Waals surface area (Å²) in [4.78, 5) is 37.5. The number of hydrogen-bond donors (Lipinski definition) is 0.